The maximum atomic E-state index is 14.9. The molecule has 2 rings (SSSR count). The Balaban J connectivity index is 2.57. The summed E-state index contributed by atoms with van der Waals surface area (Å²) in [5.74, 6) is -0.320. The fourth-order valence-electron chi connectivity index (χ4n) is 4.36. The SMILES string of the molecule is CC/C=C(\C1=C(C(C)Cc2cc(C)cc(C#N)c2)C[C@@H](F)[C@H]1C)[SH](C)(CF)=NC#N. The minimum absolute atomic E-state index is 0.0342. The Hall–Kier alpha value is -2.31. The van der Waals surface area contributed by atoms with Crippen LogP contribution in [0.4, 0.5) is 8.78 Å². The molecular formula is C24H31F2N3S. The van der Waals surface area contributed by atoms with E-state index in [-0.39, 0.29) is 11.8 Å². The molecule has 1 aliphatic carbocycles. The molecule has 0 aromatic heterocycles. The van der Waals surface area contributed by atoms with Crippen LogP contribution >= 0.6 is 0 Å². The highest BCUT2D eigenvalue weighted by atomic mass is 32.2. The lowest BCUT2D eigenvalue weighted by Crippen LogP contribution is -2.20. The lowest BCUT2D eigenvalue weighted by atomic mass is 9.89. The van der Waals surface area contributed by atoms with Gasteiger partial charge in [0.25, 0.3) is 0 Å². The molecule has 0 amide bonds. The van der Waals surface area contributed by atoms with E-state index in [1.807, 2.05) is 39.0 Å². The van der Waals surface area contributed by atoms with Crippen LogP contribution in [-0.2, 0) is 16.2 Å². The maximum Gasteiger partial charge on any atom is 0.210 e. The Labute approximate surface area is 180 Å². The summed E-state index contributed by atoms with van der Waals surface area (Å²) in [6.07, 6.45) is 6.08. The van der Waals surface area contributed by atoms with Crippen LogP contribution in [0.5, 0.6) is 0 Å². The molecule has 1 aromatic rings. The van der Waals surface area contributed by atoms with Gasteiger partial charge in [-0.05, 0) is 60.8 Å². The van der Waals surface area contributed by atoms with Gasteiger partial charge in [0.05, 0.1) is 11.6 Å². The van der Waals surface area contributed by atoms with Crippen molar-refractivity contribution in [2.75, 3.05) is 12.3 Å². The largest absolute Gasteiger partial charge is 0.246 e. The second kappa shape index (κ2) is 10.1. The van der Waals surface area contributed by atoms with Gasteiger partial charge in [-0.3, -0.25) is 0 Å². The molecule has 0 saturated carbocycles. The minimum Gasteiger partial charge on any atom is -0.246 e. The summed E-state index contributed by atoms with van der Waals surface area (Å²) in [5, 5.41) is 18.4. The van der Waals surface area contributed by atoms with Crippen LogP contribution in [0.25, 0.3) is 0 Å². The van der Waals surface area contributed by atoms with Crippen LogP contribution in [0.3, 0.4) is 0 Å². The fourth-order valence-corrected chi connectivity index (χ4v) is 6.29. The monoisotopic (exact) mass is 431 g/mol. The van der Waals surface area contributed by atoms with Crippen LogP contribution in [-0.4, -0.2) is 18.4 Å². The first-order chi connectivity index (χ1) is 14.2. The van der Waals surface area contributed by atoms with E-state index in [2.05, 4.69) is 23.4 Å². The molecule has 0 saturated heterocycles. The Morgan fingerprint density at radius 2 is 2.07 bits per heavy atom. The summed E-state index contributed by atoms with van der Waals surface area (Å²) in [4.78, 5) is 0.741. The van der Waals surface area contributed by atoms with Gasteiger partial charge >= 0.3 is 0 Å². The van der Waals surface area contributed by atoms with Gasteiger partial charge < -0.3 is 0 Å². The Morgan fingerprint density at radius 3 is 2.63 bits per heavy atom. The zero-order valence-electron chi connectivity index (χ0n) is 18.4. The van der Waals surface area contributed by atoms with Crippen molar-refractivity contribution >= 4 is 9.82 Å². The summed E-state index contributed by atoms with van der Waals surface area (Å²) >= 11 is 0. The molecule has 3 atom stereocenters. The van der Waals surface area contributed by atoms with Gasteiger partial charge in [0, 0.05) is 17.2 Å². The van der Waals surface area contributed by atoms with E-state index in [1.165, 1.54) is 0 Å². The van der Waals surface area contributed by atoms with E-state index in [4.69, 9.17) is 5.26 Å². The molecule has 1 aromatic carbocycles. The average Bonchev–Trinajstić information content (AvgIpc) is 3.00. The van der Waals surface area contributed by atoms with Crippen molar-refractivity contribution in [2.24, 2.45) is 16.2 Å². The number of rotatable bonds is 7. The van der Waals surface area contributed by atoms with E-state index in [0.29, 0.717) is 24.8 Å². The third-order valence-corrected chi connectivity index (χ3v) is 8.31. The van der Waals surface area contributed by atoms with E-state index in [0.717, 1.165) is 27.2 Å². The average molecular weight is 432 g/mol. The first-order valence-electron chi connectivity index (χ1n) is 10.3. The number of aryl methyl sites for hydroxylation is 1. The van der Waals surface area contributed by atoms with Gasteiger partial charge in [-0.1, -0.05) is 38.5 Å². The molecule has 1 unspecified atom stereocenters. The van der Waals surface area contributed by atoms with Crippen LogP contribution < -0.4 is 0 Å². The molecule has 0 fully saturated rings. The van der Waals surface area contributed by atoms with Crippen molar-refractivity contribution in [1.82, 2.24) is 0 Å². The predicted molar refractivity (Wildman–Crippen MR) is 122 cm³/mol. The number of nitriles is 2. The van der Waals surface area contributed by atoms with Gasteiger partial charge in [-0.15, -0.1) is 9.82 Å². The third kappa shape index (κ3) is 5.05. The predicted octanol–water partition coefficient (Wildman–Crippen LogP) is 6.12. The molecule has 1 aliphatic rings. The van der Waals surface area contributed by atoms with Crippen molar-refractivity contribution < 1.29 is 8.78 Å². The molecule has 0 bridgehead atoms. The Bertz CT molecular complexity index is 995. The second-order valence-corrected chi connectivity index (χ2v) is 11.5. The molecule has 162 valence electrons. The molecule has 0 spiro atoms. The van der Waals surface area contributed by atoms with E-state index < -0.39 is 22.0 Å². The summed E-state index contributed by atoms with van der Waals surface area (Å²) in [5.41, 5.74) is 4.51. The summed E-state index contributed by atoms with van der Waals surface area (Å²) in [6, 6.07) is 7.26. The maximum absolute atomic E-state index is 14.9. The Morgan fingerprint density at radius 1 is 1.37 bits per heavy atom. The number of allylic oxidation sites excluding steroid dienone is 3. The lowest BCUT2D eigenvalue weighted by Gasteiger charge is -2.29. The second-order valence-electron chi connectivity index (χ2n) is 8.33. The van der Waals surface area contributed by atoms with Crippen molar-refractivity contribution in [2.45, 2.75) is 53.1 Å². The quantitative estimate of drug-likeness (QED) is 0.417. The number of alkyl halides is 2. The van der Waals surface area contributed by atoms with Gasteiger partial charge in [0.2, 0.25) is 6.19 Å². The molecule has 6 heteroatoms. The first kappa shape index (κ1) is 24.0. The number of hydrogen-bond acceptors (Lipinski definition) is 3. The fraction of sp³-hybridized carbons (Fsp3) is 0.500. The summed E-state index contributed by atoms with van der Waals surface area (Å²) in [7, 11) is -2.68. The van der Waals surface area contributed by atoms with Crippen molar-refractivity contribution in [3.05, 3.63) is 57.0 Å². The normalized spacial score (nSPS) is 21.2. The number of halogens is 2. The molecule has 0 radical (unpaired) electrons. The highest BCUT2D eigenvalue weighted by Gasteiger charge is 2.37. The molecule has 0 heterocycles. The van der Waals surface area contributed by atoms with Crippen LogP contribution in [0.1, 0.15) is 50.3 Å². The molecule has 0 N–H and O–H groups in total. The summed E-state index contributed by atoms with van der Waals surface area (Å²) < 4.78 is 33.0. The van der Waals surface area contributed by atoms with E-state index >= 15 is 0 Å². The zero-order valence-corrected chi connectivity index (χ0v) is 19.3. The molecule has 3 nitrogen and oxygen atoms in total. The smallest absolute Gasteiger partial charge is 0.210 e. The highest BCUT2D eigenvalue weighted by Crippen LogP contribution is 2.45. The van der Waals surface area contributed by atoms with E-state index in [1.54, 1.807) is 12.4 Å². The Kier molecular flexibility index (Phi) is 8.10. The van der Waals surface area contributed by atoms with Crippen molar-refractivity contribution in [3.8, 4) is 12.3 Å². The van der Waals surface area contributed by atoms with Crippen LogP contribution in [0.2, 0.25) is 0 Å². The summed E-state index contributed by atoms with van der Waals surface area (Å²) in [6.45, 7) is 7.82. The highest BCUT2D eigenvalue weighted by molar-refractivity contribution is 8.08. The zero-order chi connectivity index (χ0) is 22.5. The number of hydrogen-bond donors (Lipinski definition) is 1. The standard InChI is InChI=1S/C24H31F2N3S/c1-6-7-23(30(5,14-25)29-15-28)24-18(4)22(26)12-21(24)17(3)10-19-8-16(2)9-20(11-19)13-27/h7-9,11,17-18,22,30H,6,10,12,14H2,1-5H3/b23-7+/t17?,18-,22-/m1/s1. The topological polar surface area (TPSA) is 59.9 Å². The van der Waals surface area contributed by atoms with Gasteiger partial charge in [-0.25, -0.2) is 8.78 Å². The number of nitrogens with zero attached hydrogens (tertiary/aromatic N) is 3. The van der Waals surface area contributed by atoms with Gasteiger partial charge in [0.15, 0.2) is 0 Å². The van der Waals surface area contributed by atoms with Crippen molar-refractivity contribution in [3.63, 3.8) is 0 Å². The van der Waals surface area contributed by atoms with Crippen LogP contribution in [0, 0.1) is 41.5 Å². The molecular weight excluding hydrogens is 400 g/mol. The van der Waals surface area contributed by atoms with Crippen molar-refractivity contribution in [1.29, 1.82) is 10.5 Å². The van der Waals surface area contributed by atoms with Crippen LogP contribution in [0.15, 0.2) is 44.7 Å². The third-order valence-electron chi connectivity index (χ3n) is 5.85. The first-order valence-corrected chi connectivity index (χ1v) is 12.7. The molecule has 0 aliphatic heterocycles. The minimum atomic E-state index is -2.68. The van der Waals surface area contributed by atoms with E-state index in [9.17, 15) is 14.0 Å². The number of benzene rings is 1. The van der Waals surface area contributed by atoms with Gasteiger partial charge in [0.1, 0.15) is 12.2 Å². The molecule has 30 heavy (non-hydrogen) atoms. The lowest BCUT2D eigenvalue weighted by molar-refractivity contribution is 0.285. The number of thiol groups is 1. The van der Waals surface area contributed by atoms with Gasteiger partial charge in [-0.2, -0.15) is 14.9 Å².